The predicted molar refractivity (Wildman–Crippen MR) is 149 cm³/mol. The Kier molecular flexibility index (Phi) is 11.5. The van der Waals surface area contributed by atoms with Gasteiger partial charge in [-0.15, -0.1) is 0 Å². The number of ether oxygens (including phenoxy) is 1. The zero-order valence-electron chi connectivity index (χ0n) is 21.8. The number of methoxy groups -OCH3 is 1. The normalized spacial score (nSPS) is 12.9. The average Bonchev–Trinajstić information content (AvgIpc) is 2.85. The van der Waals surface area contributed by atoms with Crippen molar-refractivity contribution in [1.29, 1.82) is 0 Å². The molecule has 8 nitrogen and oxygen atoms in total. The van der Waals surface area contributed by atoms with E-state index in [1.165, 1.54) is 16.3 Å². The third-order valence-electron chi connectivity index (χ3n) is 6.07. The number of rotatable bonds is 13. The number of sulfonamides is 1. The van der Waals surface area contributed by atoms with Gasteiger partial charge in [-0.05, 0) is 63.1 Å². The van der Waals surface area contributed by atoms with Crippen molar-refractivity contribution in [2.24, 2.45) is 0 Å². The first-order valence-electron chi connectivity index (χ1n) is 12.0. The lowest BCUT2D eigenvalue weighted by Crippen LogP contribution is -2.49. The van der Waals surface area contributed by atoms with Crippen LogP contribution in [0.25, 0.3) is 0 Å². The van der Waals surface area contributed by atoms with Crippen LogP contribution in [0.4, 0.5) is 5.69 Å². The highest BCUT2D eigenvalue weighted by molar-refractivity contribution is 7.92. The van der Waals surface area contributed by atoms with Gasteiger partial charge in [-0.25, -0.2) is 8.42 Å². The van der Waals surface area contributed by atoms with Crippen molar-refractivity contribution in [3.05, 3.63) is 58.1 Å². The summed E-state index contributed by atoms with van der Waals surface area (Å²) in [5.41, 5.74) is 1.01. The molecule has 0 fully saturated rings. The quantitative estimate of drug-likeness (QED) is 0.369. The SMILES string of the molecule is CC[C@@H](C)NC(=O)[C@@H](C)N(Cc1c(Cl)cccc1Cl)C(=O)CCCN(c1ccc(OC)cc1)S(C)(=O)=O. The summed E-state index contributed by atoms with van der Waals surface area (Å²) >= 11 is 12.7. The van der Waals surface area contributed by atoms with E-state index in [4.69, 9.17) is 27.9 Å². The molecule has 2 aromatic carbocycles. The maximum atomic E-state index is 13.4. The molecule has 0 aliphatic rings. The lowest BCUT2D eigenvalue weighted by atomic mass is 10.1. The van der Waals surface area contributed by atoms with E-state index >= 15 is 0 Å². The summed E-state index contributed by atoms with van der Waals surface area (Å²) in [6.45, 7) is 5.63. The van der Waals surface area contributed by atoms with E-state index < -0.39 is 16.1 Å². The topological polar surface area (TPSA) is 96.0 Å². The smallest absolute Gasteiger partial charge is 0.242 e. The fourth-order valence-corrected chi connectivity index (χ4v) is 5.14. The van der Waals surface area contributed by atoms with Crippen molar-refractivity contribution in [3.63, 3.8) is 0 Å². The molecule has 37 heavy (non-hydrogen) atoms. The highest BCUT2D eigenvalue weighted by Crippen LogP contribution is 2.27. The highest BCUT2D eigenvalue weighted by atomic mass is 35.5. The summed E-state index contributed by atoms with van der Waals surface area (Å²) in [6.07, 6.45) is 2.12. The molecule has 0 bridgehead atoms. The van der Waals surface area contributed by atoms with E-state index in [0.717, 1.165) is 12.7 Å². The number of nitrogens with one attached hydrogen (secondary N) is 1. The van der Waals surface area contributed by atoms with Gasteiger partial charge in [-0.1, -0.05) is 36.2 Å². The zero-order chi connectivity index (χ0) is 27.8. The third-order valence-corrected chi connectivity index (χ3v) is 7.97. The Morgan fingerprint density at radius 3 is 2.16 bits per heavy atom. The fraction of sp³-hybridized carbons (Fsp3) is 0.462. The second kappa shape index (κ2) is 13.9. The number of hydrogen-bond acceptors (Lipinski definition) is 5. The Hall–Kier alpha value is -2.49. The molecule has 204 valence electrons. The molecule has 0 radical (unpaired) electrons. The number of carbonyl (C=O) groups excluding carboxylic acids is 2. The van der Waals surface area contributed by atoms with Crippen molar-refractivity contribution < 1.29 is 22.7 Å². The van der Waals surface area contributed by atoms with Gasteiger partial charge < -0.3 is 15.0 Å². The number of nitrogens with zero attached hydrogens (tertiary/aromatic N) is 2. The fourth-order valence-electron chi connectivity index (χ4n) is 3.65. The summed E-state index contributed by atoms with van der Waals surface area (Å²) in [4.78, 5) is 27.7. The molecule has 0 spiro atoms. The van der Waals surface area contributed by atoms with Gasteiger partial charge in [0.25, 0.3) is 0 Å². The molecule has 0 saturated carbocycles. The van der Waals surface area contributed by atoms with Crippen LogP contribution >= 0.6 is 23.2 Å². The first-order chi connectivity index (χ1) is 17.4. The molecule has 0 aliphatic heterocycles. The van der Waals surface area contributed by atoms with Gasteiger partial charge in [0.2, 0.25) is 21.8 Å². The van der Waals surface area contributed by atoms with E-state index in [2.05, 4.69) is 5.32 Å². The third kappa shape index (κ3) is 8.79. The second-order valence-corrected chi connectivity index (χ2v) is 11.6. The first-order valence-corrected chi connectivity index (χ1v) is 14.6. The van der Waals surface area contributed by atoms with Crippen LogP contribution in [0, 0.1) is 0 Å². The molecule has 2 atom stereocenters. The number of amides is 2. The Bertz CT molecular complexity index is 1150. The Balaban J connectivity index is 2.22. The van der Waals surface area contributed by atoms with Crippen LogP contribution in [0.3, 0.4) is 0 Å². The summed E-state index contributed by atoms with van der Waals surface area (Å²) in [5, 5.41) is 3.69. The van der Waals surface area contributed by atoms with Crippen LogP contribution in [0.5, 0.6) is 5.75 Å². The Labute approximate surface area is 229 Å². The van der Waals surface area contributed by atoms with E-state index in [9.17, 15) is 18.0 Å². The average molecular weight is 573 g/mol. The van der Waals surface area contributed by atoms with E-state index in [1.807, 2.05) is 13.8 Å². The lowest BCUT2D eigenvalue weighted by molar-refractivity contribution is -0.140. The van der Waals surface area contributed by atoms with Crippen molar-refractivity contribution in [2.45, 2.75) is 58.7 Å². The molecule has 2 amide bonds. The summed E-state index contributed by atoms with van der Waals surface area (Å²) in [7, 11) is -2.06. The number of carbonyl (C=O) groups is 2. The van der Waals surface area contributed by atoms with Gasteiger partial charge in [-0.2, -0.15) is 0 Å². The van der Waals surface area contributed by atoms with Gasteiger partial charge in [-0.3, -0.25) is 13.9 Å². The molecular formula is C26H35Cl2N3O5S. The predicted octanol–water partition coefficient (Wildman–Crippen LogP) is 4.88. The van der Waals surface area contributed by atoms with Crippen LogP contribution in [0.15, 0.2) is 42.5 Å². The number of anilines is 1. The first kappa shape index (κ1) is 30.7. The molecule has 0 unspecified atom stereocenters. The van der Waals surface area contributed by atoms with Gasteiger partial charge in [0.1, 0.15) is 11.8 Å². The van der Waals surface area contributed by atoms with E-state index in [-0.39, 0.29) is 43.8 Å². The summed E-state index contributed by atoms with van der Waals surface area (Å²) in [5.74, 6) is -0.00116. The second-order valence-electron chi connectivity index (χ2n) is 8.85. The number of halogens is 2. The van der Waals surface area contributed by atoms with Crippen LogP contribution in [-0.2, 0) is 26.2 Å². The molecule has 0 saturated heterocycles. The molecule has 2 rings (SSSR count). The zero-order valence-corrected chi connectivity index (χ0v) is 24.2. The summed E-state index contributed by atoms with van der Waals surface area (Å²) in [6, 6.07) is 10.9. The molecule has 2 aromatic rings. The molecule has 11 heteroatoms. The molecule has 1 N–H and O–H groups in total. The molecule has 0 heterocycles. The van der Waals surface area contributed by atoms with Crippen LogP contribution in [0.2, 0.25) is 10.0 Å². The number of benzene rings is 2. The Morgan fingerprint density at radius 1 is 1.05 bits per heavy atom. The molecular weight excluding hydrogens is 537 g/mol. The van der Waals surface area contributed by atoms with Crippen molar-refractivity contribution in [3.8, 4) is 5.75 Å². The van der Waals surface area contributed by atoms with E-state index in [0.29, 0.717) is 27.0 Å². The molecule has 0 aliphatic carbocycles. The molecule has 0 aromatic heterocycles. The van der Waals surface area contributed by atoms with E-state index in [1.54, 1.807) is 49.4 Å². The van der Waals surface area contributed by atoms with Crippen molar-refractivity contribution in [1.82, 2.24) is 10.2 Å². The minimum atomic E-state index is -3.59. The van der Waals surface area contributed by atoms with Crippen LogP contribution in [-0.4, -0.2) is 57.1 Å². The largest absolute Gasteiger partial charge is 0.497 e. The van der Waals surface area contributed by atoms with Gasteiger partial charge in [0, 0.05) is 41.2 Å². The van der Waals surface area contributed by atoms with Crippen molar-refractivity contribution >= 4 is 50.7 Å². The standard InChI is InChI=1S/C26H35Cl2N3O5S/c1-6-18(2)29-26(33)19(3)30(17-22-23(27)9-7-10-24(22)28)25(32)11-8-16-31(37(5,34)35)20-12-14-21(36-4)15-13-20/h7,9-10,12-15,18-19H,6,8,11,16-17H2,1-5H3,(H,29,33)/t18-,19-/m1/s1. The Morgan fingerprint density at radius 2 is 1.65 bits per heavy atom. The lowest BCUT2D eigenvalue weighted by Gasteiger charge is -2.30. The van der Waals surface area contributed by atoms with Crippen molar-refractivity contribution in [2.75, 3.05) is 24.2 Å². The number of hydrogen-bond donors (Lipinski definition) is 1. The van der Waals surface area contributed by atoms with Gasteiger partial charge >= 0.3 is 0 Å². The van der Waals surface area contributed by atoms with Crippen LogP contribution < -0.4 is 14.4 Å². The van der Waals surface area contributed by atoms with Gasteiger partial charge in [0.15, 0.2) is 0 Å². The highest BCUT2D eigenvalue weighted by Gasteiger charge is 2.28. The van der Waals surface area contributed by atoms with Crippen LogP contribution in [0.1, 0.15) is 45.6 Å². The minimum absolute atomic E-state index is 0.0190. The maximum Gasteiger partial charge on any atom is 0.242 e. The van der Waals surface area contributed by atoms with Gasteiger partial charge in [0.05, 0.1) is 19.1 Å². The monoisotopic (exact) mass is 571 g/mol. The summed E-state index contributed by atoms with van der Waals surface area (Å²) < 4.78 is 31.3. The maximum absolute atomic E-state index is 13.4. The minimum Gasteiger partial charge on any atom is -0.497 e.